The number of thiophene rings is 1. The van der Waals surface area contributed by atoms with Gasteiger partial charge < -0.3 is 5.32 Å². The molecule has 0 saturated carbocycles. The lowest BCUT2D eigenvalue weighted by Crippen LogP contribution is -2.08. The molecule has 0 amide bonds. The summed E-state index contributed by atoms with van der Waals surface area (Å²) in [4.78, 5) is 1.29. The summed E-state index contributed by atoms with van der Waals surface area (Å²) < 4.78 is 1.14. The highest BCUT2D eigenvalue weighted by Gasteiger charge is 2.11. The van der Waals surface area contributed by atoms with Crippen LogP contribution in [0.1, 0.15) is 18.5 Å². The third-order valence-electron chi connectivity index (χ3n) is 3.46. The van der Waals surface area contributed by atoms with Crippen LogP contribution < -0.4 is 5.32 Å². The normalized spacial score (nSPS) is 12.1. The van der Waals surface area contributed by atoms with E-state index in [1.807, 2.05) is 6.07 Å². The molecule has 1 nitrogen and oxygen atoms in total. The first-order valence-corrected chi connectivity index (χ1v) is 8.57. The van der Waals surface area contributed by atoms with Gasteiger partial charge in [0.15, 0.2) is 0 Å². The van der Waals surface area contributed by atoms with Crippen molar-refractivity contribution in [1.82, 2.24) is 0 Å². The lowest BCUT2D eigenvalue weighted by Gasteiger charge is -2.19. The molecule has 0 aliphatic heterocycles. The standard InChI is InChI=1S/C18H16BrNS/c1-13(14-7-2-4-9-16(14)19)20-17-10-5-3-8-15(17)18-11-6-12-21-18/h2-13,20H,1H3. The maximum Gasteiger partial charge on any atom is 0.0497 e. The topological polar surface area (TPSA) is 12.0 Å². The van der Waals surface area contributed by atoms with Crippen LogP contribution in [0.15, 0.2) is 70.5 Å². The third kappa shape index (κ3) is 3.20. The first kappa shape index (κ1) is 14.4. The molecule has 1 heterocycles. The summed E-state index contributed by atoms with van der Waals surface area (Å²) in [7, 11) is 0. The van der Waals surface area contributed by atoms with Gasteiger partial charge in [-0.1, -0.05) is 58.4 Å². The van der Waals surface area contributed by atoms with Gasteiger partial charge >= 0.3 is 0 Å². The molecule has 1 unspecified atom stereocenters. The number of hydrogen-bond donors (Lipinski definition) is 1. The highest BCUT2D eigenvalue weighted by atomic mass is 79.9. The van der Waals surface area contributed by atoms with Gasteiger partial charge in [0.25, 0.3) is 0 Å². The molecular formula is C18H16BrNS. The van der Waals surface area contributed by atoms with Crippen molar-refractivity contribution < 1.29 is 0 Å². The van der Waals surface area contributed by atoms with Gasteiger partial charge in [-0.05, 0) is 36.1 Å². The molecule has 0 radical (unpaired) electrons. The van der Waals surface area contributed by atoms with Gasteiger partial charge in [-0.3, -0.25) is 0 Å². The lowest BCUT2D eigenvalue weighted by molar-refractivity contribution is 0.879. The zero-order chi connectivity index (χ0) is 14.7. The average molecular weight is 358 g/mol. The minimum absolute atomic E-state index is 0.238. The van der Waals surface area contributed by atoms with E-state index in [1.54, 1.807) is 11.3 Å². The number of benzene rings is 2. The Morgan fingerprint density at radius 1 is 0.952 bits per heavy atom. The van der Waals surface area contributed by atoms with E-state index in [2.05, 4.69) is 88.1 Å². The van der Waals surface area contributed by atoms with Crippen molar-refractivity contribution >= 4 is 33.0 Å². The highest BCUT2D eigenvalue weighted by molar-refractivity contribution is 9.10. The van der Waals surface area contributed by atoms with E-state index < -0.39 is 0 Å². The van der Waals surface area contributed by atoms with E-state index in [0.717, 1.165) is 4.47 Å². The molecule has 1 aromatic heterocycles. The molecule has 3 rings (SSSR count). The van der Waals surface area contributed by atoms with Crippen LogP contribution in [0.3, 0.4) is 0 Å². The minimum Gasteiger partial charge on any atom is -0.378 e. The molecule has 21 heavy (non-hydrogen) atoms. The van der Waals surface area contributed by atoms with Crippen LogP contribution in [-0.2, 0) is 0 Å². The molecule has 2 aromatic carbocycles. The van der Waals surface area contributed by atoms with E-state index in [9.17, 15) is 0 Å². The summed E-state index contributed by atoms with van der Waals surface area (Å²) in [5.74, 6) is 0. The Bertz CT molecular complexity index is 722. The van der Waals surface area contributed by atoms with E-state index >= 15 is 0 Å². The van der Waals surface area contributed by atoms with Crippen LogP contribution >= 0.6 is 27.3 Å². The van der Waals surface area contributed by atoms with E-state index in [0.29, 0.717) is 0 Å². The predicted molar refractivity (Wildman–Crippen MR) is 95.9 cm³/mol. The number of halogens is 1. The number of hydrogen-bond acceptors (Lipinski definition) is 2. The molecular weight excluding hydrogens is 342 g/mol. The van der Waals surface area contributed by atoms with Crippen LogP contribution in [0, 0.1) is 0 Å². The van der Waals surface area contributed by atoms with Gasteiger partial charge in [0.1, 0.15) is 0 Å². The summed E-state index contributed by atoms with van der Waals surface area (Å²) in [6.45, 7) is 2.19. The van der Waals surface area contributed by atoms with Crippen molar-refractivity contribution in [3.63, 3.8) is 0 Å². The van der Waals surface area contributed by atoms with Gasteiger partial charge in [0.2, 0.25) is 0 Å². The van der Waals surface area contributed by atoms with Crippen molar-refractivity contribution in [3.05, 3.63) is 76.1 Å². The highest BCUT2D eigenvalue weighted by Crippen LogP contribution is 2.34. The Kier molecular flexibility index (Phi) is 4.42. The fraction of sp³-hybridized carbons (Fsp3) is 0.111. The summed E-state index contributed by atoms with van der Waals surface area (Å²) in [6, 6.07) is 21.3. The second-order valence-corrected chi connectivity index (χ2v) is 6.71. The quantitative estimate of drug-likeness (QED) is 0.573. The number of rotatable bonds is 4. The first-order chi connectivity index (χ1) is 10.3. The van der Waals surface area contributed by atoms with Crippen molar-refractivity contribution in [2.45, 2.75) is 13.0 Å². The van der Waals surface area contributed by atoms with E-state index in [1.165, 1.54) is 21.7 Å². The molecule has 3 heteroatoms. The van der Waals surface area contributed by atoms with Crippen LogP contribution in [0.4, 0.5) is 5.69 Å². The minimum atomic E-state index is 0.238. The zero-order valence-corrected chi connectivity index (χ0v) is 14.1. The smallest absolute Gasteiger partial charge is 0.0497 e. The van der Waals surface area contributed by atoms with Gasteiger partial charge in [-0.25, -0.2) is 0 Å². The number of para-hydroxylation sites is 1. The van der Waals surface area contributed by atoms with Crippen molar-refractivity contribution in [2.75, 3.05) is 5.32 Å². The Morgan fingerprint density at radius 2 is 1.71 bits per heavy atom. The van der Waals surface area contributed by atoms with Crippen molar-refractivity contribution in [2.24, 2.45) is 0 Å². The van der Waals surface area contributed by atoms with Crippen LogP contribution in [-0.4, -0.2) is 0 Å². The summed E-state index contributed by atoms with van der Waals surface area (Å²) in [5, 5.41) is 5.75. The second kappa shape index (κ2) is 6.46. The number of anilines is 1. The molecule has 0 saturated heterocycles. The zero-order valence-electron chi connectivity index (χ0n) is 11.7. The molecule has 0 fully saturated rings. The number of nitrogens with one attached hydrogen (secondary N) is 1. The van der Waals surface area contributed by atoms with Crippen LogP contribution in [0.5, 0.6) is 0 Å². The first-order valence-electron chi connectivity index (χ1n) is 6.89. The van der Waals surface area contributed by atoms with Gasteiger partial charge in [0, 0.05) is 26.6 Å². The molecule has 0 aliphatic carbocycles. The molecule has 0 bridgehead atoms. The molecule has 106 valence electrons. The Hall–Kier alpha value is -1.58. The van der Waals surface area contributed by atoms with Gasteiger partial charge in [-0.15, -0.1) is 11.3 Å². The van der Waals surface area contributed by atoms with Crippen LogP contribution in [0.25, 0.3) is 10.4 Å². The maximum atomic E-state index is 3.63. The second-order valence-electron chi connectivity index (χ2n) is 4.91. The molecule has 0 aliphatic rings. The van der Waals surface area contributed by atoms with Crippen molar-refractivity contribution in [1.29, 1.82) is 0 Å². The Morgan fingerprint density at radius 3 is 2.48 bits per heavy atom. The maximum absolute atomic E-state index is 3.63. The van der Waals surface area contributed by atoms with E-state index in [4.69, 9.17) is 0 Å². The summed E-state index contributed by atoms with van der Waals surface area (Å²) in [6.07, 6.45) is 0. The fourth-order valence-electron chi connectivity index (χ4n) is 2.39. The lowest BCUT2D eigenvalue weighted by atomic mass is 10.1. The van der Waals surface area contributed by atoms with Gasteiger partial charge in [-0.2, -0.15) is 0 Å². The molecule has 3 aromatic rings. The largest absolute Gasteiger partial charge is 0.378 e. The Balaban J connectivity index is 1.91. The SMILES string of the molecule is CC(Nc1ccccc1-c1cccs1)c1ccccc1Br. The average Bonchev–Trinajstić information content (AvgIpc) is 3.02. The van der Waals surface area contributed by atoms with Gasteiger partial charge in [0.05, 0.1) is 0 Å². The molecule has 0 spiro atoms. The summed E-state index contributed by atoms with van der Waals surface area (Å²) in [5.41, 5.74) is 3.69. The van der Waals surface area contributed by atoms with Crippen LogP contribution in [0.2, 0.25) is 0 Å². The fourth-order valence-corrected chi connectivity index (χ4v) is 3.79. The third-order valence-corrected chi connectivity index (χ3v) is 5.08. The Labute approximate surface area is 137 Å². The van der Waals surface area contributed by atoms with Crippen molar-refractivity contribution in [3.8, 4) is 10.4 Å². The summed E-state index contributed by atoms with van der Waals surface area (Å²) >= 11 is 5.40. The monoisotopic (exact) mass is 357 g/mol. The molecule has 1 N–H and O–H groups in total. The van der Waals surface area contributed by atoms with E-state index in [-0.39, 0.29) is 6.04 Å². The predicted octanol–water partition coefficient (Wildman–Crippen LogP) is 6.35. The molecule has 1 atom stereocenters.